The van der Waals surface area contributed by atoms with Gasteiger partial charge in [0.05, 0.1) is 9.81 Å². The zero-order valence-electron chi connectivity index (χ0n) is 20.4. The summed E-state index contributed by atoms with van der Waals surface area (Å²) in [6.45, 7) is 6.37. The lowest BCUT2D eigenvalue weighted by Gasteiger charge is -2.32. The second-order valence-corrected chi connectivity index (χ2v) is 12.5. The molecule has 0 N–H and O–H groups in total. The Kier molecular flexibility index (Phi) is 9.05. The van der Waals surface area contributed by atoms with E-state index in [4.69, 9.17) is 24.4 Å². The lowest BCUT2D eigenvalue weighted by molar-refractivity contribution is -0.134. The Hall–Kier alpha value is -1.58. The molecule has 0 spiro atoms. The summed E-state index contributed by atoms with van der Waals surface area (Å²) in [5.74, 6) is -0.752. The molecule has 4 amide bonds. The molecule has 0 aromatic heterocycles. The van der Waals surface area contributed by atoms with Crippen molar-refractivity contribution in [2.45, 2.75) is 12.8 Å². The topological polar surface area (TPSA) is 87.7 Å². The highest BCUT2D eigenvalue weighted by molar-refractivity contribution is 8.29. The van der Waals surface area contributed by atoms with Crippen molar-refractivity contribution in [2.75, 3.05) is 79.5 Å². The number of thioether (sulfide) groups is 2. The van der Waals surface area contributed by atoms with Crippen molar-refractivity contribution in [3.05, 3.63) is 9.81 Å². The predicted octanol–water partition coefficient (Wildman–Crippen LogP) is 0.247. The van der Waals surface area contributed by atoms with Crippen LogP contribution in [0.4, 0.5) is 0 Å². The van der Waals surface area contributed by atoms with E-state index in [1.165, 1.54) is 9.80 Å². The van der Waals surface area contributed by atoms with Gasteiger partial charge in [0.1, 0.15) is 8.64 Å². The van der Waals surface area contributed by atoms with E-state index in [9.17, 15) is 19.2 Å². The van der Waals surface area contributed by atoms with E-state index in [1.54, 1.807) is 0 Å². The zero-order chi connectivity index (χ0) is 26.0. The van der Waals surface area contributed by atoms with Gasteiger partial charge in [0, 0.05) is 78.3 Å². The summed E-state index contributed by atoms with van der Waals surface area (Å²) in [6.07, 6.45) is 0.359. The molecule has 0 bridgehead atoms. The maximum absolute atomic E-state index is 13.1. The Morgan fingerprint density at radius 1 is 0.667 bits per heavy atom. The lowest BCUT2D eigenvalue weighted by Crippen LogP contribution is -2.47. The van der Waals surface area contributed by atoms with Gasteiger partial charge in [-0.15, -0.1) is 0 Å². The number of hydrogen-bond donors (Lipinski definition) is 0. The average molecular weight is 571 g/mol. The van der Waals surface area contributed by atoms with Crippen molar-refractivity contribution in [3.63, 3.8) is 0 Å². The molecule has 4 rings (SSSR count). The van der Waals surface area contributed by atoms with Crippen LogP contribution in [-0.2, 0) is 19.2 Å². The summed E-state index contributed by atoms with van der Waals surface area (Å²) in [6, 6.07) is 0. The molecule has 0 aromatic rings. The zero-order valence-corrected chi connectivity index (χ0v) is 23.7. The van der Waals surface area contributed by atoms with Crippen LogP contribution < -0.4 is 0 Å². The summed E-state index contributed by atoms with van der Waals surface area (Å²) in [7, 11) is 4.05. The van der Waals surface area contributed by atoms with Gasteiger partial charge in [0.25, 0.3) is 11.8 Å². The van der Waals surface area contributed by atoms with Crippen molar-refractivity contribution in [1.29, 1.82) is 0 Å². The number of rotatable bonds is 6. The van der Waals surface area contributed by atoms with Crippen LogP contribution in [0.15, 0.2) is 9.81 Å². The molecule has 0 atom stereocenters. The van der Waals surface area contributed by atoms with Crippen molar-refractivity contribution < 1.29 is 19.2 Å². The minimum atomic E-state index is -0.370. The Labute approximate surface area is 230 Å². The summed E-state index contributed by atoms with van der Waals surface area (Å²) in [4.78, 5) is 62.7. The standard InChI is InChI=1S/C22H30N6O4S4/c1-23-7-11-25(12-8-23)15(29)3-5-27-19(31)17(35-21(27)33)18-20(32)28(22(34)36-18)6-4-16(30)26-13-9-24(2)10-14-26/h3-14H2,1-2H3/b18-17+. The third kappa shape index (κ3) is 6.10. The van der Waals surface area contributed by atoms with Crippen LogP contribution in [0, 0.1) is 0 Å². The van der Waals surface area contributed by atoms with Gasteiger partial charge in [0.15, 0.2) is 0 Å². The molecule has 4 saturated heterocycles. The Balaban J connectivity index is 1.33. The van der Waals surface area contributed by atoms with E-state index in [-0.39, 0.29) is 59.4 Å². The van der Waals surface area contributed by atoms with Crippen LogP contribution in [0.3, 0.4) is 0 Å². The first-order valence-corrected chi connectivity index (χ1v) is 14.3. The van der Waals surface area contributed by atoms with Crippen molar-refractivity contribution in [1.82, 2.24) is 29.4 Å². The summed E-state index contributed by atoms with van der Waals surface area (Å²) in [5.41, 5.74) is 0. The molecular weight excluding hydrogens is 541 g/mol. The molecule has 4 aliphatic rings. The number of carbonyl (C=O) groups is 4. The van der Waals surface area contributed by atoms with Crippen LogP contribution in [0.1, 0.15) is 12.8 Å². The number of piperazine rings is 2. The minimum absolute atomic E-state index is 0.00603. The van der Waals surface area contributed by atoms with Gasteiger partial charge in [0.2, 0.25) is 11.8 Å². The summed E-state index contributed by atoms with van der Waals surface area (Å²) in [5, 5.41) is 0. The quantitative estimate of drug-likeness (QED) is 0.327. The molecular formula is C22H30N6O4S4. The van der Waals surface area contributed by atoms with Crippen LogP contribution in [0.2, 0.25) is 0 Å². The van der Waals surface area contributed by atoms with Gasteiger partial charge in [-0.05, 0) is 14.1 Å². The first-order chi connectivity index (χ1) is 17.2. The smallest absolute Gasteiger partial charge is 0.267 e. The molecule has 4 aliphatic heterocycles. The van der Waals surface area contributed by atoms with Crippen LogP contribution in [0.5, 0.6) is 0 Å². The molecule has 14 heteroatoms. The molecule has 0 saturated carbocycles. The van der Waals surface area contributed by atoms with Crippen molar-refractivity contribution in [2.24, 2.45) is 0 Å². The first-order valence-electron chi connectivity index (χ1n) is 11.9. The third-order valence-electron chi connectivity index (χ3n) is 6.72. The highest BCUT2D eigenvalue weighted by Crippen LogP contribution is 2.42. The van der Waals surface area contributed by atoms with E-state index in [0.29, 0.717) is 34.8 Å². The predicted molar refractivity (Wildman–Crippen MR) is 148 cm³/mol. The van der Waals surface area contributed by atoms with Crippen LogP contribution >= 0.6 is 48.0 Å². The highest BCUT2D eigenvalue weighted by atomic mass is 32.2. The van der Waals surface area contributed by atoms with E-state index < -0.39 is 0 Å². The maximum atomic E-state index is 13.1. The number of thiocarbonyl (C=S) groups is 2. The fourth-order valence-corrected chi connectivity index (χ4v) is 7.07. The number of amides is 4. The van der Waals surface area contributed by atoms with E-state index >= 15 is 0 Å². The second-order valence-electron chi connectivity index (χ2n) is 9.18. The fourth-order valence-electron chi connectivity index (χ4n) is 4.30. The lowest BCUT2D eigenvalue weighted by atomic mass is 10.2. The largest absolute Gasteiger partial charge is 0.340 e. The number of carbonyl (C=O) groups excluding carboxylic acids is 4. The van der Waals surface area contributed by atoms with Crippen LogP contribution in [0.25, 0.3) is 0 Å². The Morgan fingerprint density at radius 3 is 1.33 bits per heavy atom. The molecule has 0 unspecified atom stereocenters. The minimum Gasteiger partial charge on any atom is -0.340 e. The van der Waals surface area contributed by atoms with Gasteiger partial charge >= 0.3 is 0 Å². The summed E-state index contributed by atoms with van der Waals surface area (Å²) >= 11 is 12.9. The van der Waals surface area contributed by atoms with Gasteiger partial charge in [-0.3, -0.25) is 29.0 Å². The molecule has 196 valence electrons. The van der Waals surface area contributed by atoms with Crippen molar-refractivity contribution in [3.8, 4) is 0 Å². The first kappa shape index (κ1) is 27.5. The molecule has 0 aliphatic carbocycles. The molecule has 0 aromatic carbocycles. The van der Waals surface area contributed by atoms with E-state index in [2.05, 4.69) is 9.80 Å². The number of hydrogen-bond acceptors (Lipinski definition) is 10. The van der Waals surface area contributed by atoms with E-state index in [1.807, 2.05) is 23.9 Å². The maximum Gasteiger partial charge on any atom is 0.267 e. The highest BCUT2D eigenvalue weighted by Gasteiger charge is 2.42. The molecule has 36 heavy (non-hydrogen) atoms. The number of likely N-dealkylation sites (N-methyl/N-ethyl adjacent to an activating group) is 2. The molecule has 10 nitrogen and oxygen atoms in total. The van der Waals surface area contributed by atoms with Gasteiger partial charge in [-0.2, -0.15) is 0 Å². The van der Waals surface area contributed by atoms with Gasteiger partial charge in [-0.25, -0.2) is 0 Å². The molecule has 4 heterocycles. The fraction of sp³-hybridized carbons (Fsp3) is 0.636. The number of nitrogens with zero attached hydrogens (tertiary/aromatic N) is 6. The monoisotopic (exact) mass is 570 g/mol. The molecule has 0 radical (unpaired) electrons. The van der Waals surface area contributed by atoms with Crippen molar-refractivity contribution >= 4 is 80.2 Å². The Morgan fingerprint density at radius 2 is 1.00 bits per heavy atom. The Bertz CT molecular complexity index is 926. The third-order valence-corrected chi connectivity index (χ3v) is 9.74. The van der Waals surface area contributed by atoms with Crippen LogP contribution in [-0.4, -0.2) is 141 Å². The van der Waals surface area contributed by atoms with Gasteiger partial charge < -0.3 is 19.6 Å². The summed E-state index contributed by atoms with van der Waals surface area (Å²) < 4.78 is 0.661. The van der Waals surface area contributed by atoms with E-state index in [0.717, 1.165) is 49.7 Å². The normalized spacial score (nSPS) is 24.5. The average Bonchev–Trinajstić information content (AvgIpc) is 3.30. The SMILES string of the molecule is CN1CCN(C(=O)CCN2C(=O)/C(=C3\SC(=S)N(CCC(=O)N4CCN(C)CC4)C3=O)SC2=S)CC1. The molecule has 4 fully saturated rings. The second kappa shape index (κ2) is 11.9. The van der Waals surface area contributed by atoms with Gasteiger partial charge in [-0.1, -0.05) is 48.0 Å².